The molecule has 1 nitrogen and oxygen atoms in total. The molecule has 1 heteroatoms. The van der Waals surface area contributed by atoms with Crippen LogP contribution in [0.3, 0.4) is 0 Å². The molecule has 0 amide bonds. The van der Waals surface area contributed by atoms with Crippen LogP contribution < -0.4 is 0 Å². The Hall–Kier alpha value is -0.820. The number of fused-ring (bicyclic) bond motifs is 1. The predicted octanol–water partition coefficient (Wildman–Crippen LogP) is 0.961. The number of hydrogen-bond donors (Lipinski definition) is 0. The Bertz CT molecular complexity index is 182. The average molecular weight is 122 g/mol. The second kappa shape index (κ2) is 2.19. The van der Waals surface area contributed by atoms with Crippen molar-refractivity contribution in [2.45, 2.75) is 12.8 Å². The van der Waals surface area contributed by atoms with Crippen LogP contribution in [0.2, 0.25) is 0 Å². The van der Waals surface area contributed by atoms with Crippen LogP contribution >= 0.6 is 0 Å². The minimum absolute atomic E-state index is 0. The van der Waals surface area contributed by atoms with Gasteiger partial charge in [-0.25, -0.2) is 0 Å². The molecule has 0 fully saturated rings. The van der Waals surface area contributed by atoms with Gasteiger partial charge in [0.2, 0.25) is 0 Å². The summed E-state index contributed by atoms with van der Waals surface area (Å²) in [6.45, 7) is 0. The molecule has 0 radical (unpaired) electrons. The third-order valence-corrected chi connectivity index (χ3v) is 1.78. The smallest absolute Gasteiger partial charge is 0.0235 e. The van der Waals surface area contributed by atoms with E-state index in [1.54, 1.807) is 11.1 Å². The summed E-state index contributed by atoms with van der Waals surface area (Å²) in [4.78, 5) is 0. The molecule has 1 aliphatic rings. The van der Waals surface area contributed by atoms with Crippen LogP contribution in [0.25, 0.3) is 0 Å². The highest BCUT2D eigenvalue weighted by molar-refractivity contribution is 5.34. The second-order valence-electron chi connectivity index (χ2n) is 2.27. The molecular weight excluding hydrogens is 112 g/mol. The Morgan fingerprint density at radius 1 is 0.889 bits per heavy atom. The molecule has 0 bridgehead atoms. The van der Waals surface area contributed by atoms with Crippen LogP contribution in [0, 0.1) is 0 Å². The van der Waals surface area contributed by atoms with Crippen LogP contribution in [-0.4, -0.2) is 5.48 Å². The molecule has 0 unspecified atom stereocenters. The molecule has 9 heavy (non-hydrogen) atoms. The van der Waals surface area contributed by atoms with Crippen molar-refractivity contribution < 1.29 is 5.48 Å². The third kappa shape index (κ3) is 0.836. The van der Waals surface area contributed by atoms with Crippen LogP contribution in [0.1, 0.15) is 11.1 Å². The van der Waals surface area contributed by atoms with E-state index in [2.05, 4.69) is 24.3 Å². The van der Waals surface area contributed by atoms with E-state index >= 15 is 0 Å². The molecule has 48 valence electrons. The van der Waals surface area contributed by atoms with Crippen molar-refractivity contribution in [3.63, 3.8) is 0 Å². The van der Waals surface area contributed by atoms with Crippen LogP contribution in [0.15, 0.2) is 24.3 Å². The van der Waals surface area contributed by atoms with Gasteiger partial charge in [0.15, 0.2) is 0 Å². The minimum atomic E-state index is 0. The molecule has 0 heterocycles. The van der Waals surface area contributed by atoms with Gasteiger partial charge in [0.1, 0.15) is 0 Å². The Morgan fingerprint density at radius 2 is 1.33 bits per heavy atom. The number of hydrogen-bond acceptors (Lipinski definition) is 0. The topological polar surface area (TPSA) is 31.5 Å². The molecule has 1 aromatic carbocycles. The maximum absolute atomic E-state index is 2.21. The van der Waals surface area contributed by atoms with E-state index < -0.39 is 0 Å². The average Bonchev–Trinajstić information content (AvgIpc) is 1.72. The Morgan fingerprint density at radius 3 is 1.56 bits per heavy atom. The molecule has 0 aromatic heterocycles. The Balaban J connectivity index is 0.000000405. The monoisotopic (exact) mass is 122 g/mol. The maximum atomic E-state index is 2.21. The summed E-state index contributed by atoms with van der Waals surface area (Å²) in [5, 5.41) is 0. The summed E-state index contributed by atoms with van der Waals surface area (Å²) in [7, 11) is 0. The van der Waals surface area contributed by atoms with Crippen molar-refractivity contribution >= 4 is 0 Å². The van der Waals surface area contributed by atoms with Crippen molar-refractivity contribution in [2.24, 2.45) is 0 Å². The van der Waals surface area contributed by atoms with Gasteiger partial charge >= 0.3 is 0 Å². The fourth-order valence-electron chi connectivity index (χ4n) is 1.14. The lowest BCUT2D eigenvalue weighted by molar-refractivity contribution is 0.824. The van der Waals surface area contributed by atoms with E-state index in [1.807, 2.05) is 0 Å². The summed E-state index contributed by atoms with van der Waals surface area (Å²) in [6.07, 6.45) is 2.60. The van der Waals surface area contributed by atoms with Gasteiger partial charge in [-0.1, -0.05) is 24.3 Å². The molecule has 0 atom stereocenters. The van der Waals surface area contributed by atoms with Crippen molar-refractivity contribution in [2.75, 3.05) is 0 Å². The highest BCUT2D eigenvalue weighted by Gasteiger charge is 2.09. The second-order valence-corrected chi connectivity index (χ2v) is 2.27. The lowest BCUT2D eigenvalue weighted by Gasteiger charge is -2.16. The van der Waals surface area contributed by atoms with Gasteiger partial charge in [0.25, 0.3) is 0 Å². The fourth-order valence-corrected chi connectivity index (χ4v) is 1.14. The first-order valence-corrected chi connectivity index (χ1v) is 3.03. The van der Waals surface area contributed by atoms with Crippen molar-refractivity contribution in [1.29, 1.82) is 0 Å². The molecule has 1 aromatic rings. The maximum Gasteiger partial charge on any atom is -0.0235 e. The molecular formula is C8H10O. The van der Waals surface area contributed by atoms with E-state index in [-0.39, 0.29) is 5.48 Å². The van der Waals surface area contributed by atoms with Gasteiger partial charge in [-0.3, -0.25) is 0 Å². The van der Waals surface area contributed by atoms with Crippen LogP contribution in [0.5, 0.6) is 0 Å². The first-order chi connectivity index (χ1) is 3.97. The zero-order chi connectivity index (χ0) is 5.40. The summed E-state index contributed by atoms with van der Waals surface area (Å²) in [5.74, 6) is 0. The summed E-state index contributed by atoms with van der Waals surface area (Å²) < 4.78 is 0. The standard InChI is InChI=1S/C8H8.H2O/c1-2-4-8-6-5-7(8)3-1;/h1-4H,5-6H2;1H2. The van der Waals surface area contributed by atoms with Crippen LogP contribution in [0.4, 0.5) is 0 Å². The lowest BCUT2D eigenvalue weighted by atomic mass is 9.89. The number of aryl methyl sites for hydroxylation is 2. The van der Waals surface area contributed by atoms with Crippen LogP contribution in [-0.2, 0) is 12.8 Å². The lowest BCUT2D eigenvalue weighted by Crippen LogP contribution is -2.06. The molecule has 0 aliphatic heterocycles. The van der Waals surface area contributed by atoms with E-state index in [4.69, 9.17) is 0 Å². The first kappa shape index (κ1) is 6.30. The van der Waals surface area contributed by atoms with E-state index in [0.717, 1.165) is 0 Å². The van der Waals surface area contributed by atoms with Gasteiger partial charge in [-0.05, 0) is 24.0 Å². The van der Waals surface area contributed by atoms with Crippen molar-refractivity contribution in [3.05, 3.63) is 35.4 Å². The number of benzene rings is 1. The quantitative estimate of drug-likeness (QED) is 0.491. The molecule has 0 saturated heterocycles. The van der Waals surface area contributed by atoms with Gasteiger partial charge < -0.3 is 5.48 Å². The summed E-state index contributed by atoms with van der Waals surface area (Å²) in [6, 6.07) is 8.63. The summed E-state index contributed by atoms with van der Waals surface area (Å²) >= 11 is 0. The highest BCUT2D eigenvalue weighted by Crippen LogP contribution is 2.20. The Labute approximate surface area is 54.6 Å². The zero-order valence-corrected chi connectivity index (χ0v) is 5.22. The van der Waals surface area contributed by atoms with Gasteiger partial charge in [-0.2, -0.15) is 0 Å². The van der Waals surface area contributed by atoms with E-state index in [9.17, 15) is 0 Å². The highest BCUT2D eigenvalue weighted by atomic mass is 16.0. The molecule has 0 spiro atoms. The number of rotatable bonds is 0. The van der Waals surface area contributed by atoms with E-state index in [1.165, 1.54) is 12.8 Å². The first-order valence-electron chi connectivity index (χ1n) is 3.03. The molecule has 2 N–H and O–H groups in total. The third-order valence-electron chi connectivity index (χ3n) is 1.78. The normalized spacial score (nSPS) is 12.9. The fraction of sp³-hybridized carbons (Fsp3) is 0.250. The Kier molecular flexibility index (Phi) is 1.54. The molecule has 0 saturated carbocycles. The van der Waals surface area contributed by atoms with Gasteiger partial charge in [0, 0.05) is 0 Å². The van der Waals surface area contributed by atoms with E-state index in [0.29, 0.717) is 0 Å². The minimum Gasteiger partial charge on any atom is -0.412 e. The SMILES string of the molecule is O.c1ccc2c(c1)CC2. The van der Waals surface area contributed by atoms with Gasteiger partial charge in [0.05, 0.1) is 0 Å². The summed E-state index contributed by atoms with van der Waals surface area (Å²) in [5.41, 5.74) is 3.10. The van der Waals surface area contributed by atoms with Crippen molar-refractivity contribution in [3.8, 4) is 0 Å². The van der Waals surface area contributed by atoms with Gasteiger partial charge in [-0.15, -0.1) is 0 Å². The molecule has 2 rings (SSSR count). The molecule has 1 aliphatic carbocycles. The largest absolute Gasteiger partial charge is 0.412 e. The zero-order valence-electron chi connectivity index (χ0n) is 5.22. The van der Waals surface area contributed by atoms with Crippen molar-refractivity contribution in [1.82, 2.24) is 0 Å². The predicted molar refractivity (Wildman–Crippen MR) is 37.5 cm³/mol.